The van der Waals surface area contributed by atoms with Crippen LogP contribution in [-0.2, 0) is 4.74 Å². The monoisotopic (exact) mass is 420 g/mol. The molecule has 2 saturated heterocycles. The number of methoxy groups -OCH3 is 1. The van der Waals surface area contributed by atoms with Crippen LogP contribution in [0.1, 0.15) is 52.4 Å². The molecule has 2 aliphatic heterocycles. The van der Waals surface area contributed by atoms with Gasteiger partial charge in [0.25, 0.3) is 0 Å². The lowest BCUT2D eigenvalue weighted by Gasteiger charge is -2.40. The summed E-state index contributed by atoms with van der Waals surface area (Å²) < 4.78 is 12.1. The number of ether oxygens (including phenoxy) is 2. The fourth-order valence-corrected chi connectivity index (χ4v) is 4.70. The number of quaternary nitrogens is 2. The highest BCUT2D eigenvalue weighted by Crippen LogP contribution is 2.24. The molecule has 30 heavy (non-hydrogen) atoms. The zero-order valence-corrected chi connectivity index (χ0v) is 20.2. The SMILES string of the molecule is CCC1CC[N+](C)(CCCOc2ccccc2)CC1.COCC[NH+]1CCC(C)CC1. The first kappa shape index (κ1) is 25.2. The van der Waals surface area contributed by atoms with Crippen molar-refractivity contribution in [2.24, 2.45) is 11.8 Å². The fraction of sp³-hybridized carbons (Fsp3) is 0.769. The van der Waals surface area contributed by atoms with Crippen LogP contribution in [0, 0.1) is 11.8 Å². The van der Waals surface area contributed by atoms with E-state index in [0.29, 0.717) is 0 Å². The van der Waals surface area contributed by atoms with Crippen LogP contribution in [0.3, 0.4) is 0 Å². The second-order valence-corrected chi connectivity index (χ2v) is 9.83. The summed E-state index contributed by atoms with van der Waals surface area (Å²) in [6.45, 7) is 14.3. The number of likely N-dealkylation sites (tertiary alicyclic amines) is 2. The maximum absolute atomic E-state index is 5.77. The number of benzene rings is 1. The third-order valence-electron chi connectivity index (χ3n) is 7.23. The van der Waals surface area contributed by atoms with Gasteiger partial charge in [-0.3, -0.25) is 0 Å². The second-order valence-electron chi connectivity index (χ2n) is 9.83. The van der Waals surface area contributed by atoms with Gasteiger partial charge < -0.3 is 18.9 Å². The molecule has 2 aliphatic rings. The number of rotatable bonds is 9. The van der Waals surface area contributed by atoms with Crippen molar-refractivity contribution in [3.63, 3.8) is 0 Å². The van der Waals surface area contributed by atoms with Crippen molar-refractivity contribution in [2.45, 2.75) is 52.4 Å². The van der Waals surface area contributed by atoms with Crippen molar-refractivity contribution in [1.82, 2.24) is 0 Å². The van der Waals surface area contributed by atoms with E-state index in [2.05, 4.69) is 20.9 Å². The number of nitrogens with zero attached hydrogens (tertiary/aromatic N) is 1. The Labute approximate surface area is 186 Å². The molecule has 4 nitrogen and oxygen atoms in total. The minimum Gasteiger partial charge on any atom is -0.493 e. The molecule has 0 unspecified atom stereocenters. The van der Waals surface area contributed by atoms with Crippen LogP contribution in [0.4, 0.5) is 0 Å². The predicted molar refractivity (Wildman–Crippen MR) is 126 cm³/mol. The van der Waals surface area contributed by atoms with Gasteiger partial charge in [-0.1, -0.05) is 38.5 Å². The molecule has 0 saturated carbocycles. The zero-order valence-electron chi connectivity index (χ0n) is 20.2. The van der Waals surface area contributed by atoms with Crippen molar-refractivity contribution in [3.8, 4) is 5.75 Å². The van der Waals surface area contributed by atoms with Crippen LogP contribution in [0.15, 0.2) is 30.3 Å². The molecule has 0 amide bonds. The van der Waals surface area contributed by atoms with Crippen LogP contribution in [-0.4, -0.2) is 71.1 Å². The number of hydrogen-bond acceptors (Lipinski definition) is 2. The lowest BCUT2D eigenvalue weighted by molar-refractivity contribution is -0.915. The van der Waals surface area contributed by atoms with E-state index < -0.39 is 0 Å². The van der Waals surface area contributed by atoms with Gasteiger partial charge in [-0.25, -0.2) is 0 Å². The summed E-state index contributed by atoms with van der Waals surface area (Å²) in [6.07, 6.45) is 8.14. The molecule has 0 spiro atoms. The summed E-state index contributed by atoms with van der Waals surface area (Å²) in [5.41, 5.74) is 0. The average molecular weight is 421 g/mol. The molecule has 2 fully saturated rings. The fourth-order valence-electron chi connectivity index (χ4n) is 4.70. The highest BCUT2D eigenvalue weighted by atomic mass is 16.5. The van der Waals surface area contributed by atoms with E-state index in [-0.39, 0.29) is 0 Å². The number of hydrogen-bond donors (Lipinski definition) is 1. The molecule has 0 aromatic heterocycles. The largest absolute Gasteiger partial charge is 0.493 e. The standard InChI is InChI=1S/C17H28NO.C9H19NO/c1-3-16-10-13-18(2,14-11-16)12-7-15-19-17-8-5-4-6-9-17;1-9-3-5-10(6-4-9)7-8-11-2/h4-6,8-9,16H,3,7,10-15H2,1-2H3;9H,3-8H2,1-2H3/q+1;/p+1. The highest BCUT2D eigenvalue weighted by molar-refractivity contribution is 5.20. The summed E-state index contributed by atoms with van der Waals surface area (Å²) in [6, 6.07) is 10.1. The van der Waals surface area contributed by atoms with Crippen molar-refractivity contribution in [1.29, 1.82) is 0 Å². The summed E-state index contributed by atoms with van der Waals surface area (Å²) in [7, 11) is 4.19. The van der Waals surface area contributed by atoms with Gasteiger partial charge in [0, 0.05) is 13.5 Å². The van der Waals surface area contributed by atoms with Crippen molar-refractivity contribution in [3.05, 3.63) is 30.3 Å². The molecule has 0 bridgehead atoms. The maximum atomic E-state index is 5.77. The Morgan fingerprint density at radius 2 is 1.67 bits per heavy atom. The Bertz CT molecular complexity index is 532. The third kappa shape index (κ3) is 9.80. The first-order chi connectivity index (χ1) is 14.5. The molecular formula is C26H48N2O2+2. The summed E-state index contributed by atoms with van der Waals surface area (Å²) >= 11 is 0. The first-order valence-corrected chi connectivity index (χ1v) is 12.4. The van der Waals surface area contributed by atoms with E-state index >= 15 is 0 Å². The summed E-state index contributed by atoms with van der Waals surface area (Å²) in [5, 5.41) is 0. The van der Waals surface area contributed by atoms with Gasteiger partial charge in [-0.05, 0) is 49.7 Å². The Morgan fingerprint density at radius 3 is 2.27 bits per heavy atom. The van der Waals surface area contributed by atoms with Crippen LogP contribution < -0.4 is 9.64 Å². The first-order valence-electron chi connectivity index (χ1n) is 12.4. The molecule has 0 aliphatic carbocycles. The van der Waals surface area contributed by atoms with Crippen molar-refractivity contribution in [2.75, 3.05) is 66.6 Å². The molecule has 0 atom stereocenters. The molecule has 4 heteroatoms. The molecule has 1 N–H and O–H groups in total. The third-order valence-corrected chi connectivity index (χ3v) is 7.23. The highest BCUT2D eigenvalue weighted by Gasteiger charge is 2.28. The minimum atomic E-state index is 0.842. The van der Waals surface area contributed by atoms with Gasteiger partial charge in [-0.2, -0.15) is 0 Å². The molecule has 0 radical (unpaired) electrons. The van der Waals surface area contributed by atoms with E-state index in [9.17, 15) is 0 Å². The Morgan fingerprint density at radius 1 is 1.00 bits per heavy atom. The smallest absolute Gasteiger partial charge is 0.119 e. The lowest BCUT2D eigenvalue weighted by atomic mass is 9.93. The maximum Gasteiger partial charge on any atom is 0.119 e. The number of nitrogens with one attached hydrogen (secondary N) is 1. The topological polar surface area (TPSA) is 22.9 Å². The average Bonchev–Trinajstić information content (AvgIpc) is 2.78. The lowest BCUT2D eigenvalue weighted by Crippen LogP contribution is -3.13. The molecular weight excluding hydrogens is 372 g/mol. The van der Waals surface area contributed by atoms with Gasteiger partial charge in [0.05, 0.1) is 53.0 Å². The Kier molecular flexibility index (Phi) is 11.8. The van der Waals surface area contributed by atoms with E-state index in [1.54, 1.807) is 12.0 Å². The predicted octanol–water partition coefficient (Wildman–Crippen LogP) is 3.67. The van der Waals surface area contributed by atoms with Crippen molar-refractivity contribution >= 4 is 0 Å². The van der Waals surface area contributed by atoms with E-state index in [1.807, 2.05) is 30.3 Å². The second kappa shape index (κ2) is 14.1. The van der Waals surface area contributed by atoms with E-state index in [4.69, 9.17) is 9.47 Å². The molecule has 1 aromatic carbocycles. The molecule has 2 heterocycles. The zero-order chi connectivity index (χ0) is 21.7. The number of para-hydroxylation sites is 1. The van der Waals surface area contributed by atoms with Gasteiger partial charge in [0.15, 0.2) is 0 Å². The van der Waals surface area contributed by atoms with Crippen LogP contribution in [0.2, 0.25) is 0 Å². The van der Waals surface area contributed by atoms with Gasteiger partial charge in [0.1, 0.15) is 12.3 Å². The summed E-state index contributed by atoms with van der Waals surface area (Å²) in [5.74, 6) is 2.93. The number of piperidine rings is 2. The molecule has 1 aromatic rings. The van der Waals surface area contributed by atoms with Gasteiger partial charge >= 0.3 is 0 Å². The molecule has 172 valence electrons. The van der Waals surface area contributed by atoms with Crippen molar-refractivity contribution < 1.29 is 18.9 Å². The van der Waals surface area contributed by atoms with E-state index in [1.165, 1.54) is 75.9 Å². The normalized spacial score (nSPS) is 29.0. The van der Waals surface area contributed by atoms with Crippen LogP contribution in [0.5, 0.6) is 5.75 Å². The van der Waals surface area contributed by atoms with Crippen LogP contribution in [0.25, 0.3) is 0 Å². The minimum absolute atomic E-state index is 0.842. The van der Waals surface area contributed by atoms with Gasteiger partial charge in [0.2, 0.25) is 0 Å². The van der Waals surface area contributed by atoms with Crippen LogP contribution >= 0.6 is 0 Å². The molecule has 3 rings (SSSR count). The quantitative estimate of drug-likeness (QED) is 0.487. The summed E-state index contributed by atoms with van der Waals surface area (Å²) in [4.78, 5) is 1.73. The Balaban J connectivity index is 0.000000248. The van der Waals surface area contributed by atoms with Gasteiger partial charge in [-0.15, -0.1) is 0 Å². The Hall–Kier alpha value is -1.10. The van der Waals surface area contributed by atoms with E-state index in [0.717, 1.165) is 37.2 Å².